The van der Waals surface area contributed by atoms with Gasteiger partial charge in [0.2, 0.25) is 0 Å². The van der Waals surface area contributed by atoms with Crippen LogP contribution in [0, 0.1) is 6.92 Å². The van der Waals surface area contributed by atoms with Crippen molar-refractivity contribution < 1.29 is 0 Å². The van der Waals surface area contributed by atoms with E-state index in [4.69, 9.17) is 0 Å². The second-order valence-corrected chi connectivity index (χ2v) is 5.66. The first-order valence-electron chi connectivity index (χ1n) is 5.50. The number of aromatic nitrogens is 2. The van der Waals surface area contributed by atoms with E-state index in [9.17, 15) is 0 Å². The van der Waals surface area contributed by atoms with Gasteiger partial charge in [-0.3, -0.25) is 9.58 Å². The molecule has 3 nitrogen and oxygen atoms in total. The predicted molar refractivity (Wildman–Crippen MR) is 65.2 cm³/mol. The lowest BCUT2D eigenvalue weighted by Gasteiger charge is -2.29. The largest absolute Gasteiger partial charge is 0.299 e. The number of piperidine rings is 1. The van der Waals surface area contributed by atoms with Gasteiger partial charge in [0.1, 0.15) is 0 Å². The molecule has 1 fully saturated rings. The van der Waals surface area contributed by atoms with Gasteiger partial charge in [0.25, 0.3) is 0 Å². The zero-order valence-corrected chi connectivity index (χ0v) is 11.0. The highest BCUT2D eigenvalue weighted by Crippen LogP contribution is 2.19. The van der Waals surface area contributed by atoms with Crippen molar-refractivity contribution in [2.24, 2.45) is 7.05 Å². The van der Waals surface area contributed by atoms with E-state index in [1.807, 2.05) is 11.7 Å². The van der Waals surface area contributed by atoms with E-state index in [1.54, 1.807) is 0 Å². The molecular weight excluding hydrogens is 254 g/mol. The van der Waals surface area contributed by atoms with Crippen LogP contribution in [0.2, 0.25) is 0 Å². The zero-order valence-electron chi connectivity index (χ0n) is 9.41. The summed E-state index contributed by atoms with van der Waals surface area (Å²) in [6.45, 7) is 5.54. The lowest BCUT2D eigenvalue weighted by Crippen LogP contribution is -2.33. The number of alkyl halides is 1. The Bertz CT molecular complexity index is 327. The van der Waals surface area contributed by atoms with Crippen LogP contribution < -0.4 is 0 Å². The third kappa shape index (κ3) is 2.82. The van der Waals surface area contributed by atoms with E-state index < -0.39 is 0 Å². The van der Waals surface area contributed by atoms with Crippen LogP contribution in [-0.4, -0.2) is 32.6 Å². The van der Waals surface area contributed by atoms with Gasteiger partial charge in [-0.15, -0.1) is 0 Å². The number of aryl methyl sites for hydroxylation is 2. The van der Waals surface area contributed by atoms with Crippen LogP contribution in [0.3, 0.4) is 0 Å². The van der Waals surface area contributed by atoms with Gasteiger partial charge in [0, 0.05) is 30.2 Å². The average Bonchev–Trinajstić information content (AvgIpc) is 2.49. The molecule has 0 aliphatic carbocycles. The summed E-state index contributed by atoms with van der Waals surface area (Å²) in [5, 5.41) is 4.37. The molecule has 0 aromatic carbocycles. The number of halogens is 1. The maximum atomic E-state index is 4.37. The molecule has 2 rings (SSSR count). The van der Waals surface area contributed by atoms with E-state index in [-0.39, 0.29) is 0 Å². The fourth-order valence-electron chi connectivity index (χ4n) is 2.10. The summed E-state index contributed by atoms with van der Waals surface area (Å²) in [5.41, 5.74) is 2.53. The molecule has 1 aliphatic rings. The molecule has 15 heavy (non-hydrogen) atoms. The molecule has 0 radical (unpaired) electrons. The molecule has 0 spiro atoms. The fraction of sp³-hybridized carbons (Fsp3) is 0.727. The van der Waals surface area contributed by atoms with Gasteiger partial charge >= 0.3 is 0 Å². The van der Waals surface area contributed by atoms with E-state index in [2.05, 4.69) is 39.0 Å². The first-order valence-corrected chi connectivity index (χ1v) is 6.42. The highest BCUT2D eigenvalue weighted by molar-refractivity contribution is 9.09. The van der Waals surface area contributed by atoms with Crippen LogP contribution in [0.25, 0.3) is 0 Å². The third-order valence-corrected chi connectivity index (χ3v) is 3.94. The van der Waals surface area contributed by atoms with Crippen LogP contribution in [0.1, 0.15) is 24.1 Å². The Hall–Kier alpha value is -0.350. The molecule has 1 saturated heterocycles. The van der Waals surface area contributed by atoms with Crippen LogP contribution in [-0.2, 0) is 13.6 Å². The minimum Gasteiger partial charge on any atom is -0.299 e. The summed E-state index contributed by atoms with van der Waals surface area (Å²) in [6, 6.07) is 0. The van der Waals surface area contributed by atoms with Gasteiger partial charge in [-0.25, -0.2) is 0 Å². The topological polar surface area (TPSA) is 21.1 Å². The Morgan fingerprint density at radius 1 is 1.47 bits per heavy atom. The average molecular weight is 272 g/mol. The second kappa shape index (κ2) is 4.66. The SMILES string of the molecule is Cc1nn(C)cc1CN1CCC(Br)CC1. The highest BCUT2D eigenvalue weighted by Gasteiger charge is 2.17. The Kier molecular flexibility index (Phi) is 3.46. The molecule has 1 aromatic rings. The molecule has 1 aromatic heterocycles. The summed E-state index contributed by atoms with van der Waals surface area (Å²) < 4.78 is 1.90. The maximum absolute atomic E-state index is 4.37. The summed E-state index contributed by atoms with van der Waals surface area (Å²) in [4.78, 5) is 3.24. The van der Waals surface area contributed by atoms with Crippen molar-refractivity contribution in [3.8, 4) is 0 Å². The number of likely N-dealkylation sites (tertiary alicyclic amines) is 1. The molecule has 0 saturated carbocycles. The standard InChI is InChI=1S/C11H18BrN3/c1-9-10(7-14(2)13-9)8-15-5-3-11(12)4-6-15/h7,11H,3-6,8H2,1-2H3. The van der Waals surface area contributed by atoms with Crippen LogP contribution >= 0.6 is 15.9 Å². The normalized spacial score (nSPS) is 19.7. The van der Waals surface area contributed by atoms with Crippen molar-refractivity contribution in [1.29, 1.82) is 0 Å². The van der Waals surface area contributed by atoms with E-state index in [0.29, 0.717) is 0 Å². The van der Waals surface area contributed by atoms with Gasteiger partial charge in [0.15, 0.2) is 0 Å². The van der Waals surface area contributed by atoms with E-state index in [0.717, 1.165) is 11.4 Å². The van der Waals surface area contributed by atoms with Crippen LogP contribution in [0.5, 0.6) is 0 Å². The second-order valence-electron chi connectivity index (χ2n) is 4.36. The van der Waals surface area contributed by atoms with Crippen LogP contribution in [0.15, 0.2) is 6.20 Å². The molecule has 0 bridgehead atoms. The molecule has 4 heteroatoms. The van der Waals surface area contributed by atoms with Crippen molar-refractivity contribution in [2.45, 2.75) is 31.1 Å². The summed E-state index contributed by atoms with van der Waals surface area (Å²) in [7, 11) is 1.99. The Labute approximate surface area is 99.6 Å². The minimum absolute atomic E-state index is 0.726. The number of hydrogen-bond donors (Lipinski definition) is 0. The molecule has 0 atom stereocenters. The van der Waals surface area contributed by atoms with Gasteiger partial charge in [-0.05, 0) is 32.9 Å². The van der Waals surface area contributed by atoms with E-state index >= 15 is 0 Å². The van der Waals surface area contributed by atoms with Gasteiger partial charge in [-0.2, -0.15) is 5.10 Å². The van der Waals surface area contributed by atoms with Gasteiger partial charge < -0.3 is 0 Å². The quantitative estimate of drug-likeness (QED) is 0.769. The van der Waals surface area contributed by atoms with Crippen molar-refractivity contribution >= 4 is 15.9 Å². The van der Waals surface area contributed by atoms with Gasteiger partial charge in [-0.1, -0.05) is 15.9 Å². The number of nitrogens with zero attached hydrogens (tertiary/aromatic N) is 3. The first-order chi connectivity index (χ1) is 7.15. The van der Waals surface area contributed by atoms with E-state index in [1.165, 1.54) is 37.2 Å². The lowest BCUT2D eigenvalue weighted by atomic mass is 10.1. The maximum Gasteiger partial charge on any atom is 0.0638 e. The summed E-state index contributed by atoms with van der Waals surface area (Å²) in [6.07, 6.45) is 4.66. The fourth-order valence-corrected chi connectivity index (χ4v) is 2.51. The predicted octanol–water partition coefficient (Wildman–Crippen LogP) is 2.09. The van der Waals surface area contributed by atoms with Gasteiger partial charge in [0.05, 0.1) is 5.69 Å². The Morgan fingerprint density at radius 2 is 2.13 bits per heavy atom. The smallest absolute Gasteiger partial charge is 0.0638 e. The third-order valence-electron chi connectivity index (χ3n) is 3.03. The number of hydrogen-bond acceptors (Lipinski definition) is 2. The molecule has 84 valence electrons. The lowest BCUT2D eigenvalue weighted by molar-refractivity contribution is 0.226. The number of rotatable bonds is 2. The molecule has 2 heterocycles. The minimum atomic E-state index is 0.726. The molecule has 0 N–H and O–H groups in total. The van der Waals surface area contributed by atoms with Crippen molar-refractivity contribution in [3.63, 3.8) is 0 Å². The van der Waals surface area contributed by atoms with Crippen LogP contribution in [0.4, 0.5) is 0 Å². The molecule has 1 aliphatic heterocycles. The molecule has 0 unspecified atom stereocenters. The highest BCUT2D eigenvalue weighted by atomic mass is 79.9. The zero-order chi connectivity index (χ0) is 10.8. The first kappa shape index (κ1) is 11.1. The van der Waals surface area contributed by atoms with Crippen molar-refractivity contribution in [1.82, 2.24) is 14.7 Å². The summed E-state index contributed by atoms with van der Waals surface area (Å²) >= 11 is 3.68. The summed E-state index contributed by atoms with van der Waals surface area (Å²) in [5.74, 6) is 0. The Balaban J connectivity index is 1.94. The monoisotopic (exact) mass is 271 g/mol. The molecular formula is C11H18BrN3. The Morgan fingerprint density at radius 3 is 2.67 bits per heavy atom. The van der Waals surface area contributed by atoms with Crippen molar-refractivity contribution in [3.05, 3.63) is 17.5 Å². The molecule has 0 amide bonds. The van der Waals surface area contributed by atoms with Crippen molar-refractivity contribution in [2.75, 3.05) is 13.1 Å².